The Labute approximate surface area is 188 Å². The summed E-state index contributed by atoms with van der Waals surface area (Å²) in [6.45, 7) is 7.03. The van der Waals surface area contributed by atoms with Crippen LogP contribution in [0.1, 0.15) is 12.7 Å². The van der Waals surface area contributed by atoms with Crippen molar-refractivity contribution in [2.24, 2.45) is 0 Å². The molecule has 1 aromatic heterocycles. The predicted molar refractivity (Wildman–Crippen MR) is 125 cm³/mol. The van der Waals surface area contributed by atoms with E-state index in [9.17, 15) is 0 Å². The van der Waals surface area contributed by atoms with Crippen molar-refractivity contribution in [2.75, 3.05) is 55.8 Å². The molecule has 0 saturated carbocycles. The summed E-state index contributed by atoms with van der Waals surface area (Å²) < 4.78 is 11.2. The molecule has 2 aromatic carbocycles. The molecule has 0 amide bonds. The van der Waals surface area contributed by atoms with Gasteiger partial charge in [-0.1, -0.05) is 24.3 Å². The summed E-state index contributed by atoms with van der Waals surface area (Å²) in [5.74, 6) is 2.96. The Bertz CT molecular complexity index is 1040. The van der Waals surface area contributed by atoms with Crippen LogP contribution in [0.25, 0.3) is 0 Å². The van der Waals surface area contributed by atoms with Crippen LogP contribution < -0.4 is 30.3 Å². The van der Waals surface area contributed by atoms with Crippen molar-refractivity contribution in [3.63, 3.8) is 0 Å². The highest BCUT2D eigenvalue weighted by Crippen LogP contribution is 2.28. The van der Waals surface area contributed by atoms with Gasteiger partial charge in [-0.15, -0.1) is 0 Å². The number of ether oxygens (including phenoxy) is 2. The molecule has 0 unspecified atom stereocenters. The van der Waals surface area contributed by atoms with E-state index in [1.165, 1.54) is 4.90 Å². The maximum absolute atomic E-state index is 5.98. The normalized spacial score (nSPS) is 14.2. The van der Waals surface area contributed by atoms with E-state index >= 15 is 0 Å². The smallest absolute Gasteiger partial charge is 0.232 e. The molecule has 3 aromatic rings. The largest absolute Gasteiger partial charge is 0.495 e. The quantitative estimate of drug-likeness (QED) is 0.488. The van der Waals surface area contributed by atoms with E-state index in [0.717, 1.165) is 49.1 Å². The van der Waals surface area contributed by atoms with E-state index in [4.69, 9.17) is 15.2 Å². The highest BCUT2D eigenvalue weighted by Gasteiger charge is 2.23. The van der Waals surface area contributed by atoms with E-state index in [1.807, 2.05) is 49.4 Å². The van der Waals surface area contributed by atoms with Crippen LogP contribution in [-0.2, 0) is 6.54 Å². The van der Waals surface area contributed by atoms with Gasteiger partial charge < -0.3 is 30.3 Å². The van der Waals surface area contributed by atoms with Crippen molar-refractivity contribution in [1.82, 2.24) is 15.0 Å². The highest BCUT2D eigenvalue weighted by atomic mass is 16.5. The molecule has 4 rings (SSSR count). The Hall–Kier alpha value is -3.59. The number of piperazine rings is 1. The third-order valence-corrected chi connectivity index (χ3v) is 5.44. The Morgan fingerprint density at radius 2 is 1.72 bits per heavy atom. The standard InChI is InChI=1S/C23H29N7O2/c1-3-32-19-10-6-4-8-17(19)25-23-27-21(26-22(24)28-23)16-29-12-14-30(15-13-29)18-9-5-7-11-20(18)31-2/h4-11H,3,12-16H2,1-2H3,(H3,24,25,26,27,28)/p+1. The second-order valence-corrected chi connectivity index (χ2v) is 7.57. The van der Waals surface area contributed by atoms with E-state index in [-0.39, 0.29) is 5.95 Å². The number of hydrogen-bond acceptors (Lipinski definition) is 8. The Morgan fingerprint density at radius 3 is 2.47 bits per heavy atom. The summed E-state index contributed by atoms with van der Waals surface area (Å²) in [5.41, 5.74) is 7.91. The molecule has 1 aliphatic rings. The number of aromatic nitrogens is 3. The fraction of sp³-hybridized carbons (Fsp3) is 0.348. The lowest BCUT2D eigenvalue weighted by atomic mass is 10.2. The number of benzene rings is 2. The number of nitrogens with zero attached hydrogens (tertiary/aromatic N) is 4. The molecule has 0 atom stereocenters. The van der Waals surface area contributed by atoms with Crippen molar-refractivity contribution in [3.8, 4) is 11.5 Å². The highest BCUT2D eigenvalue weighted by molar-refractivity contribution is 5.62. The second-order valence-electron chi connectivity index (χ2n) is 7.57. The molecule has 2 heterocycles. The molecule has 168 valence electrons. The van der Waals surface area contributed by atoms with Crippen LogP contribution in [0.15, 0.2) is 48.5 Å². The number of quaternary nitrogens is 1. The summed E-state index contributed by atoms with van der Waals surface area (Å²) in [7, 11) is 1.71. The van der Waals surface area contributed by atoms with Gasteiger partial charge in [0.05, 0.1) is 51.3 Å². The van der Waals surface area contributed by atoms with Gasteiger partial charge in [0.25, 0.3) is 0 Å². The average Bonchev–Trinajstić information content (AvgIpc) is 2.81. The zero-order chi connectivity index (χ0) is 22.3. The Morgan fingerprint density at radius 1 is 1.00 bits per heavy atom. The monoisotopic (exact) mass is 436 g/mol. The van der Waals surface area contributed by atoms with Gasteiger partial charge in [-0.25, -0.2) is 0 Å². The van der Waals surface area contributed by atoms with Crippen molar-refractivity contribution in [1.29, 1.82) is 0 Å². The first-order valence-electron chi connectivity index (χ1n) is 10.9. The number of methoxy groups -OCH3 is 1. The molecule has 9 heteroatoms. The molecule has 4 N–H and O–H groups in total. The molecule has 0 radical (unpaired) electrons. The molecule has 0 aliphatic carbocycles. The minimum Gasteiger partial charge on any atom is -0.495 e. The summed E-state index contributed by atoms with van der Waals surface area (Å²) in [6.07, 6.45) is 0. The van der Waals surface area contributed by atoms with Crippen molar-refractivity contribution in [3.05, 3.63) is 54.4 Å². The molecule has 9 nitrogen and oxygen atoms in total. The summed E-state index contributed by atoms with van der Waals surface area (Å²) in [4.78, 5) is 17.0. The number of nitrogen functional groups attached to an aromatic ring is 1. The molecular weight excluding hydrogens is 406 g/mol. The van der Waals surface area contributed by atoms with E-state index in [1.54, 1.807) is 7.11 Å². The zero-order valence-corrected chi connectivity index (χ0v) is 18.5. The minimum absolute atomic E-state index is 0.207. The molecule has 1 saturated heterocycles. The maximum Gasteiger partial charge on any atom is 0.232 e. The summed E-state index contributed by atoms with van der Waals surface area (Å²) in [6, 6.07) is 15.8. The minimum atomic E-state index is 0.207. The Balaban J connectivity index is 1.41. The van der Waals surface area contributed by atoms with Gasteiger partial charge in [0, 0.05) is 0 Å². The fourth-order valence-electron chi connectivity index (χ4n) is 3.90. The average molecular weight is 437 g/mol. The van der Waals surface area contributed by atoms with Crippen LogP contribution in [0, 0.1) is 0 Å². The van der Waals surface area contributed by atoms with Gasteiger partial charge in [0.15, 0.2) is 5.82 Å². The number of nitrogens with two attached hydrogens (primary N) is 1. The van der Waals surface area contributed by atoms with Gasteiger partial charge in [-0.3, -0.25) is 0 Å². The lowest BCUT2D eigenvalue weighted by Crippen LogP contribution is -3.13. The van der Waals surface area contributed by atoms with Crippen LogP contribution in [-0.4, -0.2) is 54.8 Å². The van der Waals surface area contributed by atoms with Gasteiger partial charge in [-0.2, -0.15) is 15.0 Å². The van der Waals surface area contributed by atoms with E-state index in [2.05, 4.69) is 31.2 Å². The predicted octanol–water partition coefficient (Wildman–Crippen LogP) is 1.51. The van der Waals surface area contributed by atoms with Crippen LogP contribution >= 0.6 is 0 Å². The van der Waals surface area contributed by atoms with Crippen molar-refractivity contribution < 1.29 is 14.4 Å². The number of para-hydroxylation sites is 4. The Kier molecular flexibility index (Phi) is 6.86. The second kappa shape index (κ2) is 10.1. The van der Waals surface area contributed by atoms with Gasteiger partial charge >= 0.3 is 0 Å². The molecule has 1 aliphatic heterocycles. The molecule has 0 bridgehead atoms. The van der Waals surface area contributed by atoms with Crippen LogP contribution in [0.5, 0.6) is 11.5 Å². The van der Waals surface area contributed by atoms with Crippen LogP contribution in [0.3, 0.4) is 0 Å². The fourth-order valence-corrected chi connectivity index (χ4v) is 3.90. The number of rotatable bonds is 8. The molecular formula is C23H30N7O2+. The first-order chi connectivity index (χ1) is 15.7. The van der Waals surface area contributed by atoms with E-state index < -0.39 is 0 Å². The zero-order valence-electron chi connectivity index (χ0n) is 18.5. The van der Waals surface area contributed by atoms with Gasteiger partial charge in [-0.05, 0) is 31.2 Å². The van der Waals surface area contributed by atoms with E-state index in [0.29, 0.717) is 24.9 Å². The molecule has 0 spiro atoms. The first-order valence-corrected chi connectivity index (χ1v) is 10.9. The van der Waals surface area contributed by atoms with Crippen molar-refractivity contribution >= 4 is 23.3 Å². The number of nitrogens with one attached hydrogen (secondary N) is 2. The van der Waals surface area contributed by atoms with Crippen molar-refractivity contribution in [2.45, 2.75) is 13.5 Å². The number of hydrogen-bond donors (Lipinski definition) is 3. The van der Waals surface area contributed by atoms with Crippen LogP contribution in [0.2, 0.25) is 0 Å². The SMILES string of the molecule is CCOc1ccccc1Nc1nc(N)nc(C[NH+]2CCN(c3ccccc3OC)CC2)n1. The molecule has 1 fully saturated rings. The number of anilines is 4. The summed E-state index contributed by atoms with van der Waals surface area (Å²) >= 11 is 0. The third kappa shape index (κ3) is 5.17. The third-order valence-electron chi connectivity index (χ3n) is 5.44. The van der Waals surface area contributed by atoms with Crippen LogP contribution in [0.4, 0.5) is 23.3 Å². The first kappa shape index (κ1) is 21.6. The lowest BCUT2D eigenvalue weighted by Gasteiger charge is -2.34. The van der Waals surface area contributed by atoms with Gasteiger partial charge in [0.2, 0.25) is 11.9 Å². The van der Waals surface area contributed by atoms with Gasteiger partial charge in [0.1, 0.15) is 18.0 Å². The summed E-state index contributed by atoms with van der Waals surface area (Å²) in [5, 5.41) is 3.22. The molecule has 32 heavy (non-hydrogen) atoms. The maximum atomic E-state index is 5.98. The lowest BCUT2D eigenvalue weighted by molar-refractivity contribution is -0.915. The topological polar surface area (TPSA) is 103 Å².